The van der Waals surface area contributed by atoms with Crippen molar-refractivity contribution < 1.29 is 9.59 Å². The first-order valence-electron chi connectivity index (χ1n) is 9.15. The maximum absolute atomic E-state index is 12.5. The molecule has 31 heavy (non-hydrogen) atoms. The molecule has 2 amide bonds. The van der Waals surface area contributed by atoms with Gasteiger partial charge in [-0.1, -0.05) is 53.2 Å². The smallest absolute Gasteiger partial charge is 0.271 e. The second kappa shape index (κ2) is 11.5. The number of thioether (sulfide) groups is 1. The highest BCUT2D eigenvalue weighted by Gasteiger charge is 2.15. The number of aromatic nitrogens is 2. The van der Waals surface area contributed by atoms with E-state index in [0.717, 1.165) is 5.56 Å². The molecule has 0 unspecified atom stereocenters. The largest absolute Gasteiger partial charge is 0.350 e. The molecule has 160 valence electrons. The molecule has 1 heterocycles. The molecule has 0 aliphatic heterocycles. The Hall–Kier alpha value is -2.13. The third kappa shape index (κ3) is 7.21. The molecule has 0 fully saturated rings. The Labute approximate surface area is 202 Å². The van der Waals surface area contributed by atoms with E-state index in [4.69, 9.17) is 23.2 Å². The van der Waals surface area contributed by atoms with Crippen molar-refractivity contribution in [1.82, 2.24) is 15.3 Å². The molecule has 3 rings (SSSR count). The highest BCUT2D eigenvalue weighted by molar-refractivity contribution is 9.10. The van der Waals surface area contributed by atoms with Gasteiger partial charge in [-0.3, -0.25) is 9.59 Å². The summed E-state index contributed by atoms with van der Waals surface area (Å²) in [7, 11) is 0. The van der Waals surface area contributed by atoms with Crippen molar-refractivity contribution in [3.63, 3.8) is 0 Å². The average molecular weight is 540 g/mol. The Kier molecular flexibility index (Phi) is 8.71. The number of nitrogens with zero attached hydrogens (tertiary/aromatic N) is 2. The van der Waals surface area contributed by atoms with Gasteiger partial charge in [0.25, 0.3) is 5.91 Å². The molecule has 0 spiro atoms. The third-order valence-corrected chi connectivity index (χ3v) is 6.13. The summed E-state index contributed by atoms with van der Waals surface area (Å²) in [5, 5.41) is 7.16. The molecule has 10 heteroatoms. The van der Waals surface area contributed by atoms with Crippen molar-refractivity contribution in [3.05, 3.63) is 80.5 Å². The molecule has 2 N–H and O–H groups in total. The SMILES string of the molecule is O=C(CCNC(=O)c1nc(SCc2ccccc2Cl)ncc1Br)Nc1ccc(Cl)cc1. The van der Waals surface area contributed by atoms with E-state index in [0.29, 0.717) is 31.1 Å². The predicted molar refractivity (Wildman–Crippen MR) is 128 cm³/mol. The first-order chi connectivity index (χ1) is 14.9. The molecule has 0 bridgehead atoms. The number of anilines is 1. The van der Waals surface area contributed by atoms with Crippen LogP contribution in [0.2, 0.25) is 10.0 Å². The fraction of sp³-hybridized carbons (Fsp3) is 0.143. The monoisotopic (exact) mass is 538 g/mol. The fourth-order valence-corrected chi connectivity index (χ4v) is 4.07. The Morgan fingerprint density at radius 3 is 2.55 bits per heavy atom. The second-order valence-corrected chi connectivity index (χ2v) is 8.93. The van der Waals surface area contributed by atoms with Crippen LogP contribution >= 0.6 is 50.9 Å². The van der Waals surface area contributed by atoms with Gasteiger partial charge in [-0.15, -0.1) is 0 Å². The maximum atomic E-state index is 12.5. The Bertz CT molecular complexity index is 1080. The van der Waals surface area contributed by atoms with E-state index in [-0.39, 0.29) is 24.6 Å². The van der Waals surface area contributed by atoms with Gasteiger partial charge in [0.2, 0.25) is 5.91 Å². The van der Waals surface area contributed by atoms with Crippen molar-refractivity contribution in [3.8, 4) is 0 Å². The molecule has 0 saturated heterocycles. The number of halogens is 3. The lowest BCUT2D eigenvalue weighted by Crippen LogP contribution is -2.28. The van der Waals surface area contributed by atoms with Crippen molar-refractivity contribution in [2.75, 3.05) is 11.9 Å². The normalized spacial score (nSPS) is 10.5. The highest BCUT2D eigenvalue weighted by Crippen LogP contribution is 2.25. The molecule has 1 aromatic heterocycles. The molecular weight excluding hydrogens is 523 g/mol. The minimum atomic E-state index is -0.395. The van der Waals surface area contributed by atoms with Crippen LogP contribution in [-0.2, 0) is 10.5 Å². The van der Waals surface area contributed by atoms with Gasteiger partial charge < -0.3 is 10.6 Å². The molecule has 2 aromatic carbocycles. The van der Waals surface area contributed by atoms with Crippen LogP contribution in [0.5, 0.6) is 0 Å². The number of carbonyl (C=O) groups excluding carboxylic acids is 2. The molecule has 3 aromatic rings. The van der Waals surface area contributed by atoms with E-state index in [1.54, 1.807) is 24.3 Å². The summed E-state index contributed by atoms with van der Waals surface area (Å²) in [6.07, 6.45) is 1.65. The minimum Gasteiger partial charge on any atom is -0.350 e. The van der Waals surface area contributed by atoms with Crippen LogP contribution in [0.25, 0.3) is 0 Å². The van der Waals surface area contributed by atoms with E-state index >= 15 is 0 Å². The molecule has 0 radical (unpaired) electrons. The summed E-state index contributed by atoms with van der Waals surface area (Å²) in [4.78, 5) is 33.1. The van der Waals surface area contributed by atoms with E-state index < -0.39 is 5.91 Å². The standard InChI is InChI=1S/C21H17BrCl2N4O2S/c22-16-11-26-21(31-12-13-3-1-2-4-17(13)24)28-19(16)20(30)25-10-9-18(29)27-15-7-5-14(23)6-8-15/h1-8,11H,9-10,12H2,(H,25,30)(H,27,29). The summed E-state index contributed by atoms with van der Waals surface area (Å²) < 4.78 is 0.470. The van der Waals surface area contributed by atoms with Crippen LogP contribution in [0.1, 0.15) is 22.5 Å². The number of benzene rings is 2. The second-order valence-electron chi connectivity index (χ2n) is 6.29. The van der Waals surface area contributed by atoms with Gasteiger partial charge in [-0.25, -0.2) is 9.97 Å². The van der Waals surface area contributed by atoms with E-state index in [9.17, 15) is 9.59 Å². The van der Waals surface area contributed by atoms with Gasteiger partial charge in [0.15, 0.2) is 5.16 Å². The summed E-state index contributed by atoms with van der Waals surface area (Å²) >= 11 is 16.7. The zero-order valence-electron chi connectivity index (χ0n) is 16.1. The number of hydrogen-bond donors (Lipinski definition) is 2. The maximum Gasteiger partial charge on any atom is 0.271 e. The zero-order chi connectivity index (χ0) is 22.2. The van der Waals surface area contributed by atoms with Crippen LogP contribution in [-0.4, -0.2) is 28.3 Å². The van der Waals surface area contributed by atoms with Crippen LogP contribution in [0.15, 0.2) is 64.4 Å². The Morgan fingerprint density at radius 2 is 1.81 bits per heavy atom. The first-order valence-corrected chi connectivity index (χ1v) is 11.7. The Morgan fingerprint density at radius 1 is 1.06 bits per heavy atom. The van der Waals surface area contributed by atoms with Gasteiger partial charge in [0.1, 0.15) is 5.69 Å². The van der Waals surface area contributed by atoms with Crippen LogP contribution in [0.3, 0.4) is 0 Å². The number of nitrogens with one attached hydrogen (secondary N) is 2. The Balaban J connectivity index is 1.52. The lowest BCUT2D eigenvalue weighted by molar-refractivity contribution is -0.116. The van der Waals surface area contributed by atoms with Crippen molar-refractivity contribution >= 4 is 68.4 Å². The van der Waals surface area contributed by atoms with Gasteiger partial charge in [-0.05, 0) is 51.8 Å². The average Bonchev–Trinajstić information content (AvgIpc) is 2.75. The van der Waals surface area contributed by atoms with E-state index in [2.05, 4.69) is 36.5 Å². The quantitative estimate of drug-likeness (QED) is 0.287. The van der Waals surface area contributed by atoms with Crippen LogP contribution in [0.4, 0.5) is 5.69 Å². The highest BCUT2D eigenvalue weighted by atomic mass is 79.9. The third-order valence-electron chi connectivity index (χ3n) is 4.02. The number of carbonyl (C=O) groups is 2. The first kappa shape index (κ1) is 23.5. The van der Waals surface area contributed by atoms with Gasteiger partial charge >= 0.3 is 0 Å². The topological polar surface area (TPSA) is 84.0 Å². The molecular formula is C21H17BrCl2N4O2S. The summed E-state index contributed by atoms with van der Waals surface area (Å²) in [6.45, 7) is 0.163. The number of amides is 2. The molecule has 0 aliphatic carbocycles. The molecule has 0 aliphatic rings. The number of rotatable bonds is 8. The molecule has 6 nitrogen and oxygen atoms in total. The van der Waals surface area contributed by atoms with E-state index in [1.807, 2.05) is 24.3 Å². The predicted octanol–water partition coefficient (Wildman–Crippen LogP) is 5.60. The van der Waals surface area contributed by atoms with Gasteiger partial charge in [-0.2, -0.15) is 0 Å². The zero-order valence-corrected chi connectivity index (χ0v) is 20.0. The van der Waals surface area contributed by atoms with Crippen molar-refractivity contribution in [2.45, 2.75) is 17.3 Å². The van der Waals surface area contributed by atoms with Gasteiger partial charge in [0, 0.05) is 40.6 Å². The summed E-state index contributed by atoms with van der Waals surface area (Å²) in [6, 6.07) is 14.3. The van der Waals surface area contributed by atoms with Gasteiger partial charge in [0.05, 0.1) is 4.47 Å². The summed E-state index contributed by atoms with van der Waals surface area (Å²) in [5.41, 5.74) is 1.80. The summed E-state index contributed by atoms with van der Waals surface area (Å²) in [5.74, 6) is -0.0405. The van der Waals surface area contributed by atoms with Crippen molar-refractivity contribution in [1.29, 1.82) is 0 Å². The minimum absolute atomic E-state index is 0.116. The van der Waals surface area contributed by atoms with Crippen LogP contribution < -0.4 is 10.6 Å². The van der Waals surface area contributed by atoms with Crippen LogP contribution in [0, 0.1) is 0 Å². The lowest BCUT2D eigenvalue weighted by atomic mass is 10.2. The number of hydrogen-bond acceptors (Lipinski definition) is 5. The molecule has 0 saturated carbocycles. The van der Waals surface area contributed by atoms with Crippen molar-refractivity contribution in [2.24, 2.45) is 0 Å². The van der Waals surface area contributed by atoms with E-state index in [1.165, 1.54) is 18.0 Å². The fourth-order valence-electron chi connectivity index (χ4n) is 2.47. The molecule has 0 atom stereocenters. The lowest BCUT2D eigenvalue weighted by Gasteiger charge is -2.09.